The van der Waals surface area contributed by atoms with Crippen LogP contribution < -0.4 is 5.32 Å². The number of Topliss-reactive ketones (excluding diaryl/α,β-unsaturated/α-hetero) is 1. The Morgan fingerprint density at radius 1 is 1.28 bits per heavy atom. The van der Waals surface area contributed by atoms with Crippen molar-refractivity contribution in [3.63, 3.8) is 0 Å². The molecule has 2 N–H and O–H groups in total. The number of likely N-dealkylation sites (N-methyl/N-ethyl adjacent to an activating group) is 1. The zero-order valence-corrected chi connectivity index (χ0v) is 16.8. The quantitative estimate of drug-likeness (QED) is 0.530. The van der Waals surface area contributed by atoms with E-state index in [1.165, 1.54) is 7.05 Å². The van der Waals surface area contributed by atoms with Gasteiger partial charge in [0.1, 0.15) is 5.84 Å². The van der Waals surface area contributed by atoms with Crippen LogP contribution in [0, 0.1) is 0 Å². The van der Waals surface area contributed by atoms with Gasteiger partial charge in [0, 0.05) is 18.6 Å². The lowest BCUT2D eigenvalue weighted by molar-refractivity contribution is -0.149. The molecule has 8 nitrogen and oxygen atoms in total. The summed E-state index contributed by atoms with van der Waals surface area (Å²) in [6.07, 6.45) is 0.528. The number of hydrogen-bond donors (Lipinski definition) is 2. The molecule has 0 radical (unpaired) electrons. The maximum atomic E-state index is 12.6. The normalized spacial score (nSPS) is 16.6. The van der Waals surface area contributed by atoms with E-state index >= 15 is 0 Å². The molecule has 2 aromatic rings. The summed E-state index contributed by atoms with van der Waals surface area (Å²) in [5.41, 5.74) is 1.14. The third-order valence-corrected chi connectivity index (χ3v) is 5.60. The standard InChI is InChI=1S/C19H16ClN3O5S/c1-23-16(22-13(19(27)28)14(24)18(23)26)15-11(7-9-29-15)17(25)21-8-6-10-4-2-3-5-12(10)20/h2-5,7,9,13H,6,8H2,1H3,(H,21,25)(H,27,28). The molecule has 0 saturated heterocycles. The van der Waals surface area contributed by atoms with Crippen molar-refractivity contribution in [2.75, 3.05) is 13.6 Å². The number of rotatable bonds is 6. The molecular formula is C19H16ClN3O5S. The lowest BCUT2D eigenvalue weighted by atomic mass is 10.1. The van der Waals surface area contributed by atoms with E-state index in [-0.39, 0.29) is 11.4 Å². The molecule has 2 heterocycles. The van der Waals surface area contributed by atoms with Crippen LogP contribution in [0.3, 0.4) is 0 Å². The van der Waals surface area contributed by atoms with Crippen molar-refractivity contribution < 1.29 is 24.3 Å². The fraction of sp³-hybridized carbons (Fsp3) is 0.211. The van der Waals surface area contributed by atoms with Crippen LogP contribution in [0.4, 0.5) is 0 Å². The van der Waals surface area contributed by atoms with Gasteiger partial charge in [0.05, 0.1) is 10.4 Å². The Bertz CT molecular complexity index is 1030. The number of thiophene rings is 1. The van der Waals surface area contributed by atoms with E-state index in [2.05, 4.69) is 10.3 Å². The second kappa shape index (κ2) is 8.54. The Balaban J connectivity index is 1.79. The number of carboxylic acid groups (broad SMARTS) is 1. The smallest absolute Gasteiger partial charge is 0.336 e. The Morgan fingerprint density at radius 2 is 2.00 bits per heavy atom. The van der Waals surface area contributed by atoms with Gasteiger partial charge < -0.3 is 10.4 Å². The first kappa shape index (κ1) is 20.7. The number of aliphatic carboxylic acids is 1. The van der Waals surface area contributed by atoms with Gasteiger partial charge in [0.15, 0.2) is 0 Å². The van der Waals surface area contributed by atoms with Crippen molar-refractivity contribution in [1.82, 2.24) is 10.2 Å². The minimum Gasteiger partial charge on any atom is -0.479 e. The van der Waals surface area contributed by atoms with Gasteiger partial charge >= 0.3 is 5.97 Å². The second-order valence-electron chi connectivity index (χ2n) is 6.18. The van der Waals surface area contributed by atoms with Crippen LogP contribution in [-0.2, 0) is 20.8 Å². The number of carboxylic acids is 1. The molecule has 1 aliphatic rings. The molecule has 2 amide bonds. The van der Waals surface area contributed by atoms with Crippen molar-refractivity contribution in [3.8, 4) is 0 Å². The first-order valence-electron chi connectivity index (χ1n) is 8.53. The number of aliphatic imine (C=N–C) groups is 1. The van der Waals surface area contributed by atoms with Gasteiger partial charge in [0.2, 0.25) is 6.04 Å². The number of nitrogens with one attached hydrogen (secondary N) is 1. The SMILES string of the molecule is CN1C(=O)C(=O)C(C(=O)O)N=C1c1sccc1C(=O)NCCc1ccccc1Cl. The van der Waals surface area contributed by atoms with Crippen molar-refractivity contribution in [3.05, 3.63) is 56.7 Å². The summed E-state index contributed by atoms with van der Waals surface area (Å²) in [6, 6.07) is 7.05. The predicted octanol–water partition coefficient (Wildman–Crippen LogP) is 1.61. The van der Waals surface area contributed by atoms with Crippen LogP contribution in [0.5, 0.6) is 0 Å². The first-order valence-corrected chi connectivity index (χ1v) is 9.79. The van der Waals surface area contributed by atoms with Gasteiger partial charge in [-0.2, -0.15) is 0 Å². The number of carbonyl (C=O) groups is 4. The Labute approximate surface area is 174 Å². The van der Waals surface area contributed by atoms with E-state index in [1.807, 2.05) is 18.2 Å². The molecule has 1 aliphatic heterocycles. The van der Waals surface area contributed by atoms with Crippen molar-refractivity contribution in [2.24, 2.45) is 4.99 Å². The highest BCUT2D eigenvalue weighted by atomic mass is 35.5. The van der Waals surface area contributed by atoms with Crippen LogP contribution in [-0.4, -0.2) is 59.0 Å². The highest BCUT2D eigenvalue weighted by Gasteiger charge is 2.40. The van der Waals surface area contributed by atoms with E-state index < -0.39 is 29.6 Å². The Hall–Kier alpha value is -3.04. The molecular weight excluding hydrogens is 418 g/mol. The fourth-order valence-corrected chi connectivity index (χ4v) is 3.95. The number of hydrogen-bond acceptors (Lipinski definition) is 6. The summed E-state index contributed by atoms with van der Waals surface area (Å²) < 4.78 is 0. The number of amides is 2. The minimum atomic E-state index is -1.81. The number of halogens is 1. The molecule has 1 atom stereocenters. The van der Waals surface area contributed by atoms with Crippen molar-refractivity contribution in [2.45, 2.75) is 12.5 Å². The molecule has 29 heavy (non-hydrogen) atoms. The molecule has 0 spiro atoms. The van der Waals surface area contributed by atoms with E-state index in [0.29, 0.717) is 22.9 Å². The summed E-state index contributed by atoms with van der Waals surface area (Å²) in [4.78, 5) is 53.0. The summed E-state index contributed by atoms with van der Waals surface area (Å²) in [5.74, 6) is -4.04. The van der Waals surface area contributed by atoms with Crippen LogP contribution >= 0.6 is 22.9 Å². The zero-order valence-electron chi connectivity index (χ0n) is 15.2. The van der Waals surface area contributed by atoms with E-state index in [4.69, 9.17) is 16.7 Å². The third-order valence-electron chi connectivity index (χ3n) is 4.32. The molecule has 1 unspecified atom stereocenters. The number of amidine groups is 1. The zero-order chi connectivity index (χ0) is 21.1. The lowest BCUT2D eigenvalue weighted by Gasteiger charge is -2.25. The largest absolute Gasteiger partial charge is 0.479 e. The number of carbonyl (C=O) groups excluding carboxylic acids is 3. The molecule has 0 aliphatic carbocycles. The van der Waals surface area contributed by atoms with Gasteiger partial charge in [0.25, 0.3) is 17.6 Å². The number of ketones is 1. The van der Waals surface area contributed by atoms with E-state index in [1.54, 1.807) is 17.5 Å². The molecule has 1 aromatic carbocycles. The summed E-state index contributed by atoms with van der Waals surface area (Å²) in [6.45, 7) is 0.329. The van der Waals surface area contributed by atoms with Crippen LogP contribution in [0.25, 0.3) is 0 Å². The Kier molecular flexibility index (Phi) is 6.09. The average Bonchev–Trinajstić information content (AvgIpc) is 3.17. The molecule has 0 bridgehead atoms. The van der Waals surface area contributed by atoms with E-state index in [9.17, 15) is 19.2 Å². The maximum absolute atomic E-state index is 12.6. The number of nitrogens with zero attached hydrogens (tertiary/aromatic N) is 2. The van der Waals surface area contributed by atoms with Gasteiger partial charge in [-0.3, -0.25) is 19.3 Å². The molecule has 10 heteroatoms. The molecule has 1 aromatic heterocycles. The van der Waals surface area contributed by atoms with Gasteiger partial charge in [-0.1, -0.05) is 29.8 Å². The highest BCUT2D eigenvalue weighted by Crippen LogP contribution is 2.23. The summed E-state index contributed by atoms with van der Waals surface area (Å²) in [7, 11) is 1.32. The van der Waals surface area contributed by atoms with Gasteiger partial charge in [-0.15, -0.1) is 11.3 Å². The molecule has 0 saturated carbocycles. The van der Waals surface area contributed by atoms with E-state index in [0.717, 1.165) is 21.8 Å². The monoisotopic (exact) mass is 433 g/mol. The molecule has 0 fully saturated rings. The lowest BCUT2D eigenvalue weighted by Crippen LogP contribution is -2.50. The predicted molar refractivity (Wildman–Crippen MR) is 108 cm³/mol. The third kappa shape index (κ3) is 4.20. The minimum absolute atomic E-state index is 0.0201. The Morgan fingerprint density at radius 3 is 2.69 bits per heavy atom. The average molecular weight is 434 g/mol. The van der Waals surface area contributed by atoms with Crippen LogP contribution in [0.2, 0.25) is 5.02 Å². The molecule has 150 valence electrons. The topological polar surface area (TPSA) is 116 Å². The summed E-state index contributed by atoms with van der Waals surface area (Å²) >= 11 is 7.23. The molecule has 3 rings (SSSR count). The van der Waals surface area contributed by atoms with Gasteiger partial charge in [-0.05, 0) is 29.5 Å². The van der Waals surface area contributed by atoms with Crippen LogP contribution in [0.15, 0.2) is 40.7 Å². The van der Waals surface area contributed by atoms with Crippen molar-refractivity contribution in [1.29, 1.82) is 0 Å². The summed E-state index contributed by atoms with van der Waals surface area (Å²) in [5, 5.41) is 14.2. The van der Waals surface area contributed by atoms with Crippen LogP contribution in [0.1, 0.15) is 20.8 Å². The van der Waals surface area contributed by atoms with Crippen molar-refractivity contribution >= 4 is 52.3 Å². The van der Waals surface area contributed by atoms with Gasteiger partial charge in [-0.25, -0.2) is 9.79 Å². The highest BCUT2D eigenvalue weighted by molar-refractivity contribution is 7.12. The second-order valence-corrected chi connectivity index (χ2v) is 7.51. The maximum Gasteiger partial charge on any atom is 0.336 e. The fourth-order valence-electron chi connectivity index (χ4n) is 2.79. The number of benzene rings is 1. The first-order chi connectivity index (χ1) is 13.8.